The van der Waals surface area contributed by atoms with Crippen molar-refractivity contribution in [3.8, 4) is 5.75 Å². The van der Waals surface area contributed by atoms with Gasteiger partial charge in [0.1, 0.15) is 29.1 Å². The summed E-state index contributed by atoms with van der Waals surface area (Å²) in [6.07, 6.45) is 0. The molecule has 0 saturated carbocycles. The van der Waals surface area contributed by atoms with Gasteiger partial charge in [-0.1, -0.05) is 19.9 Å². The quantitative estimate of drug-likeness (QED) is 0.299. The van der Waals surface area contributed by atoms with E-state index in [4.69, 9.17) is 9.15 Å². The van der Waals surface area contributed by atoms with E-state index < -0.39 is 17.7 Å². The van der Waals surface area contributed by atoms with Crippen LogP contribution < -0.4 is 4.74 Å². The molecular formula is C25H25NO5S. The number of hydrogen-bond donors (Lipinski definition) is 1. The van der Waals surface area contributed by atoms with Crippen LogP contribution in [0.15, 0.2) is 63.9 Å². The van der Waals surface area contributed by atoms with Crippen molar-refractivity contribution in [2.75, 3.05) is 6.61 Å². The molecule has 6 nitrogen and oxygen atoms in total. The zero-order valence-electron chi connectivity index (χ0n) is 18.2. The number of ether oxygens (including phenoxy) is 1. The summed E-state index contributed by atoms with van der Waals surface area (Å²) in [5.41, 5.74) is 0.459. The number of ketones is 1. The third-order valence-electron chi connectivity index (χ3n) is 5.19. The summed E-state index contributed by atoms with van der Waals surface area (Å²) in [5.74, 6) is 0.552. The zero-order chi connectivity index (χ0) is 22.8. The van der Waals surface area contributed by atoms with E-state index in [1.54, 1.807) is 43.3 Å². The predicted octanol–water partition coefficient (Wildman–Crippen LogP) is 5.31. The number of rotatable bonds is 7. The first-order valence-electron chi connectivity index (χ1n) is 10.5. The van der Waals surface area contributed by atoms with Crippen LogP contribution in [0.2, 0.25) is 0 Å². The Morgan fingerprint density at radius 2 is 1.91 bits per heavy atom. The third kappa shape index (κ3) is 4.34. The zero-order valence-corrected chi connectivity index (χ0v) is 19.0. The molecule has 0 aliphatic carbocycles. The molecule has 0 radical (unpaired) electrons. The van der Waals surface area contributed by atoms with Crippen LogP contribution in [0.1, 0.15) is 41.9 Å². The molecule has 1 N–H and O–H groups in total. The summed E-state index contributed by atoms with van der Waals surface area (Å²) < 4.78 is 11.5. The summed E-state index contributed by atoms with van der Waals surface area (Å²) in [4.78, 5) is 28.4. The monoisotopic (exact) mass is 451 g/mol. The number of nitrogens with zero attached hydrogens (tertiary/aromatic N) is 1. The Labute approximate surface area is 190 Å². The van der Waals surface area contributed by atoms with Crippen molar-refractivity contribution in [1.29, 1.82) is 0 Å². The number of Topliss-reactive ketones (excluding diaryl/α,β-unsaturated/α-hetero) is 1. The molecule has 0 spiro atoms. The van der Waals surface area contributed by atoms with Crippen LogP contribution in [-0.4, -0.2) is 28.3 Å². The number of aliphatic hydroxyl groups is 1. The molecule has 166 valence electrons. The molecule has 32 heavy (non-hydrogen) atoms. The standard InChI is InChI=1S/C25H25NO5S/c1-15(2)14-30-18-9-7-17(8-10-18)23(27)21-22(20-11-6-16(3)31-20)26(25(29)24(21)28)13-19-5-4-12-32-19/h4-12,15,22,27H,13-14H2,1-3H3/b23-21-. The number of hydrogen-bond acceptors (Lipinski definition) is 6. The second-order valence-corrected chi connectivity index (χ2v) is 9.22. The van der Waals surface area contributed by atoms with Crippen LogP contribution in [-0.2, 0) is 16.1 Å². The fraction of sp³-hybridized carbons (Fsp3) is 0.280. The van der Waals surface area contributed by atoms with E-state index in [1.807, 2.05) is 17.5 Å². The van der Waals surface area contributed by atoms with Crippen molar-refractivity contribution in [3.63, 3.8) is 0 Å². The highest BCUT2D eigenvalue weighted by molar-refractivity contribution is 7.09. The van der Waals surface area contributed by atoms with Gasteiger partial charge in [-0.15, -0.1) is 11.3 Å². The van der Waals surface area contributed by atoms with Gasteiger partial charge in [0.15, 0.2) is 0 Å². The average Bonchev–Trinajstić information content (AvgIpc) is 3.49. The number of aryl methyl sites for hydroxylation is 1. The number of aliphatic hydroxyl groups excluding tert-OH is 1. The second kappa shape index (κ2) is 9.04. The molecule has 3 heterocycles. The van der Waals surface area contributed by atoms with Crippen LogP contribution in [0.25, 0.3) is 5.76 Å². The first kappa shape index (κ1) is 21.9. The number of thiophene rings is 1. The minimum absolute atomic E-state index is 0.0248. The largest absolute Gasteiger partial charge is 0.507 e. The van der Waals surface area contributed by atoms with E-state index in [2.05, 4.69) is 13.8 Å². The number of likely N-dealkylation sites (tertiary alicyclic amines) is 1. The Morgan fingerprint density at radius 3 is 2.50 bits per heavy atom. The maximum atomic E-state index is 13.0. The fourth-order valence-corrected chi connectivity index (χ4v) is 4.34. The van der Waals surface area contributed by atoms with Crippen LogP contribution >= 0.6 is 11.3 Å². The summed E-state index contributed by atoms with van der Waals surface area (Å²) in [7, 11) is 0. The molecule has 1 aliphatic heterocycles. The highest BCUT2D eigenvalue weighted by atomic mass is 32.1. The van der Waals surface area contributed by atoms with E-state index in [9.17, 15) is 14.7 Å². The Morgan fingerprint density at radius 1 is 1.16 bits per heavy atom. The van der Waals surface area contributed by atoms with Crippen molar-refractivity contribution in [2.45, 2.75) is 33.4 Å². The highest BCUT2D eigenvalue weighted by Gasteiger charge is 2.47. The van der Waals surface area contributed by atoms with Gasteiger partial charge < -0.3 is 19.2 Å². The van der Waals surface area contributed by atoms with Crippen LogP contribution in [0.5, 0.6) is 5.75 Å². The van der Waals surface area contributed by atoms with Gasteiger partial charge in [-0.05, 0) is 60.7 Å². The van der Waals surface area contributed by atoms with E-state index in [1.165, 1.54) is 16.2 Å². The van der Waals surface area contributed by atoms with Crippen molar-refractivity contribution < 1.29 is 23.8 Å². The molecule has 1 aromatic carbocycles. The van der Waals surface area contributed by atoms with Crippen LogP contribution in [0.4, 0.5) is 0 Å². The lowest BCUT2D eigenvalue weighted by Gasteiger charge is -2.22. The van der Waals surface area contributed by atoms with Gasteiger partial charge in [0, 0.05) is 10.4 Å². The topological polar surface area (TPSA) is 80.0 Å². The number of furan rings is 1. The molecular weight excluding hydrogens is 426 g/mol. The lowest BCUT2D eigenvalue weighted by molar-refractivity contribution is -0.140. The molecule has 1 aliphatic rings. The SMILES string of the molecule is Cc1ccc(C2/C(=C(/O)c3ccc(OCC(C)C)cc3)C(=O)C(=O)N2Cc2cccs2)o1. The van der Waals surface area contributed by atoms with Crippen molar-refractivity contribution in [1.82, 2.24) is 4.90 Å². The van der Waals surface area contributed by atoms with Crippen molar-refractivity contribution in [3.05, 3.63) is 81.4 Å². The number of carbonyl (C=O) groups is 2. The van der Waals surface area contributed by atoms with Gasteiger partial charge in [-0.25, -0.2) is 0 Å². The van der Waals surface area contributed by atoms with Crippen LogP contribution in [0.3, 0.4) is 0 Å². The first-order chi connectivity index (χ1) is 15.3. The molecule has 4 rings (SSSR count). The lowest BCUT2D eigenvalue weighted by atomic mass is 9.99. The Balaban J connectivity index is 1.73. The maximum Gasteiger partial charge on any atom is 0.296 e. The molecule has 3 aromatic rings. The van der Waals surface area contributed by atoms with E-state index in [-0.39, 0.29) is 17.9 Å². The van der Waals surface area contributed by atoms with Gasteiger partial charge in [0.25, 0.3) is 11.7 Å². The van der Waals surface area contributed by atoms with Gasteiger partial charge in [-0.3, -0.25) is 9.59 Å². The van der Waals surface area contributed by atoms with Gasteiger partial charge >= 0.3 is 0 Å². The summed E-state index contributed by atoms with van der Waals surface area (Å²) in [6.45, 7) is 6.75. The molecule has 1 fully saturated rings. The minimum Gasteiger partial charge on any atom is -0.507 e. The van der Waals surface area contributed by atoms with Gasteiger partial charge in [0.05, 0.1) is 18.7 Å². The second-order valence-electron chi connectivity index (χ2n) is 8.18. The van der Waals surface area contributed by atoms with E-state index in [0.29, 0.717) is 35.4 Å². The molecule has 1 saturated heterocycles. The normalized spacial score (nSPS) is 18.0. The van der Waals surface area contributed by atoms with E-state index >= 15 is 0 Å². The summed E-state index contributed by atoms with van der Waals surface area (Å²) in [5, 5.41) is 13.0. The number of benzene rings is 1. The first-order valence-corrected chi connectivity index (χ1v) is 11.3. The molecule has 0 bridgehead atoms. The smallest absolute Gasteiger partial charge is 0.296 e. The molecule has 1 atom stereocenters. The molecule has 1 amide bonds. The average molecular weight is 452 g/mol. The minimum atomic E-state index is -0.803. The van der Waals surface area contributed by atoms with Crippen LogP contribution in [0, 0.1) is 12.8 Å². The molecule has 2 aromatic heterocycles. The maximum absolute atomic E-state index is 13.0. The predicted molar refractivity (Wildman–Crippen MR) is 122 cm³/mol. The Hall–Kier alpha value is -3.32. The summed E-state index contributed by atoms with van der Waals surface area (Å²) in [6, 6.07) is 13.4. The van der Waals surface area contributed by atoms with Gasteiger partial charge in [0.2, 0.25) is 0 Å². The van der Waals surface area contributed by atoms with Crippen molar-refractivity contribution >= 4 is 28.8 Å². The van der Waals surface area contributed by atoms with Crippen molar-refractivity contribution in [2.24, 2.45) is 5.92 Å². The number of carbonyl (C=O) groups excluding carboxylic acids is 2. The third-order valence-corrected chi connectivity index (χ3v) is 6.05. The lowest BCUT2D eigenvalue weighted by Crippen LogP contribution is -2.28. The Kier molecular flexibility index (Phi) is 6.19. The molecule has 1 unspecified atom stereocenters. The fourth-order valence-electron chi connectivity index (χ4n) is 3.64. The summed E-state index contributed by atoms with van der Waals surface area (Å²) >= 11 is 1.50. The Bertz CT molecular complexity index is 1140. The van der Waals surface area contributed by atoms with Gasteiger partial charge in [-0.2, -0.15) is 0 Å². The molecule has 7 heteroatoms. The van der Waals surface area contributed by atoms with E-state index in [0.717, 1.165) is 4.88 Å². The number of amides is 1. The highest BCUT2D eigenvalue weighted by Crippen LogP contribution is 2.41.